The summed E-state index contributed by atoms with van der Waals surface area (Å²) >= 11 is 0. The maximum atomic E-state index is 5.99. The fraction of sp³-hybridized carbons (Fsp3) is 0.600. The van der Waals surface area contributed by atoms with E-state index in [0.29, 0.717) is 24.8 Å². The van der Waals surface area contributed by atoms with E-state index in [0.717, 1.165) is 24.3 Å². The molecular formula is C15H22N2O2. The van der Waals surface area contributed by atoms with Crippen LogP contribution >= 0.6 is 0 Å². The van der Waals surface area contributed by atoms with Gasteiger partial charge in [0.15, 0.2) is 11.5 Å². The third-order valence-corrected chi connectivity index (χ3v) is 4.35. The molecule has 1 aromatic rings. The van der Waals surface area contributed by atoms with E-state index in [4.69, 9.17) is 15.2 Å². The Labute approximate surface area is 114 Å². The van der Waals surface area contributed by atoms with Crippen molar-refractivity contribution in [2.45, 2.75) is 37.8 Å². The number of rotatable bonds is 3. The molecule has 1 atom stereocenters. The Morgan fingerprint density at radius 1 is 1.16 bits per heavy atom. The van der Waals surface area contributed by atoms with Crippen LogP contribution in [-0.4, -0.2) is 19.9 Å². The molecule has 3 rings (SSSR count). The highest BCUT2D eigenvalue weighted by Crippen LogP contribution is 2.38. The molecule has 1 saturated carbocycles. The van der Waals surface area contributed by atoms with Gasteiger partial charge < -0.3 is 20.5 Å². The van der Waals surface area contributed by atoms with Gasteiger partial charge in [0.25, 0.3) is 0 Å². The number of benzene rings is 1. The van der Waals surface area contributed by atoms with Gasteiger partial charge in [-0.1, -0.05) is 6.07 Å². The van der Waals surface area contributed by atoms with Gasteiger partial charge in [0.05, 0.1) is 0 Å². The zero-order chi connectivity index (χ0) is 13.2. The number of nitrogens with two attached hydrogens (primary N) is 1. The molecule has 1 fully saturated rings. The van der Waals surface area contributed by atoms with Gasteiger partial charge in [0.2, 0.25) is 6.79 Å². The fourth-order valence-corrected chi connectivity index (χ4v) is 3.26. The topological polar surface area (TPSA) is 56.5 Å². The molecule has 1 aliphatic carbocycles. The lowest BCUT2D eigenvalue weighted by atomic mass is 9.79. The van der Waals surface area contributed by atoms with Crippen molar-refractivity contribution >= 4 is 0 Å². The van der Waals surface area contributed by atoms with Crippen LogP contribution in [0.15, 0.2) is 18.2 Å². The molecule has 1 unspecified atom stereocenters. The first-order valence-electron chi connectivity index (χ1n) is 7.10. The van der Waals surface area contributed by atoms with E-state index in [2.05, 4.69) is 17.4 Å². The molecule has 1 heterocycles. The van der Waals surface area contributed by atoms with E-state index < -0.39 is 0 Å². The van der Waals surface area contributed by atoms with Crippen molar-refractivity contribution in [3.63, 3.8) is 0 Å². The molecule has 3 N–H and O–H groups in total. The summed E-state index contributed by atoms with van der Waals surface area (Å²) in [6.07, 6.45) is 4.66. The van der Waals surface area contributed by atoms with Crippen LogP contribution in [0, 0.1) is 5.92 Å². The lowest BCUT2D eigenvalue weighted by Crippen LogP contribution is -2.33. The van der Waals surface area contributed by atoms with Gasteiger partial charge in [-0.05, 0) is 56.3 Å². The number of fused-ring (bicyclic) bond motifs is 1. The van der Waals surface area contributed by atoms with E-state index >= 15 is 0 Å². The van der Waals surface area contributed by atoms with Crippen LogP contribution in [0.5, 0.6) is 11.5 Å². The largest absolute Gasteiger partial charge is 0.454 e. The maximum absolute atomic E-state index is 5.99. The van der Waals surface area contributed by atoms with Gasteiger partial charge in [-0.25, -0.2) is 0 Å². The molecule has 1 aromatic carbocycles. The number of ether oxygens (including phenoxy) is 2. The SMILES string of the molecule is CNC(c1ccc2c(c1)OCO2)C1CCC(N)CC1. The lowest BCUT2D eigenvalue weighted by Gasteiger charge is -2.32. The summed E-state index contributed by atoms with van der Waals surface area (Å²) in [5, 5.41) is 3.46. The van der Waals surface area contributed by atoms with Gasteiger partial charge in [-0.3, -0.25) is 0 Å². The van der Waals surface area contributed by atoms with Crippen molar-refractivity contribution in [3.8, 4) is 11.5 Å². The molecule has 0 saturated heterocycles. The Kier molecular flexibility index (Phi) is 3.62. The highest BCUT2D eigenvalue weighted by atomic mass is 16.7. The van der Waals surface area contributed by atoms with E-state index in [1.807, 2.05) is 13.1 Å². The maximum Gasteiger partial charge on any atom is 0.231 e. The predicted molar refractivity (Wildman–Crippen MR) is 74.3 cm³/mol. The smallest absolute Gasteiger partial charge is 0.231 e. The van der Waals surface area contributed by atoms with Gasteiger partial charge in [0.1, 0.15) is 0 Å². The van der Waals surface area contributed by atoms with Crippen LogP contribution in [0.4, 0.5) is 0 Å². The minimum Gasteiger partial charge on any atom is -0.454 e. The molecular weight excluding hydrogens is 240 g/mol. The van der Waals surface area contributed by atoms with Gasteiger partial charge in [-0.15, -0.1) is 0 Å². The van der Waals surface area contributed by atoms with Gasteiger partial charge in [-0.2, -0.15) is 0 Å². The summed E-state index contributed by atoms with van der Waals surface area (Å²) in [7, 11) is 2.03. The Hall–Kier alpha value is -1.26. The molecule has 0 spiro atoms. The molecule has 1 aliphatic heterocycles. The molecule has 104 valence electrons. The van der Waals surface area contributed by atoms with Crippen LogP contribution in [0.2, 0.25) is 0 Å². The molecule has 0 amide bonds. The summed E-state index contributed by atoms with van der Waals surface area (Å²) in [5.74, 6) is 2.37. The third kappa shape index (κ3) is 2.55. The van der Waals surface area contributed by atoms with Crippen LogP contribution < -0.4 is 20.5 Å². The molecule has 4 heteroatoms. The second kappa shape index (κ2) is 5.39. The predicted octanol–water partition coefficient (Wildman–Crippen LogP) is 2.19. The van der Waals surface area contributed by atoms with Crippen molar-refractivity contribution in [2.24, 2.45) is 11.7 Å². The second-order valence-corrected chi connectivity index (χ2v) is 5.55. The first kappa shape index (κ1) is 12.8. The molecule has 0 bridgehead atoms. The highest BCUT2D eigenvalue weighted by molar-refractivity contribution is 5.45. The van der Waals surface area contributed by atoms with Crippen molar-refractivity contribution in [2.75, 3.05) is 13.8 Å². The van der Waals surface area contributed by atoms with Gasteiger partial charge >= 0.3 is 0 Å². The average Bonchev–Trinajstić information content (AvgIpc) is 2.89. The lowest BCUT2D eigenvalue weighted by molar-refractivity contribution is 0.174. The van der Waals surface area contributed by atoms with Crippen LogP contribution in [-0.2, 0) is 0 Å². The fourth-order valence-electron chi connectivity index (χ4n) is 3.26. The molecule has 0 radical (unpaired) electrons. The number of nitrogens with one attached hydrogen (secondary N) is 1. The summed E-state index contributed by atoms with van der Waals surface area (Å²) < 4.78 is 10.8. The summed E-state index contributed by atoms with van der Waals surface area (Å²) in [4.78, 5) is 0. The summed E-state index contributed by atoms with van der Waals surface area (Å²) in [5.41, 5.74) is 7.28. The van der Waals surface area contributed by atoms with E-state index in [1.54, 1.807) is 0 Å². The minimum atomic E-state index is 0.335. The van der Waals surface area contributed by atoms with Crippen molar-refractivity contribution in [3.05, 3.63) is 23.8 Å². The highest BCUT2D eigenvalue weighted by Gasteiger charge is 2.27. The molecule has 4 nitrogen and oxygen atoms in total. The van der Waals surface area contributed by atoms with Crippen molar-refractivity contribution in [1.82, 2.24) is 5.32 Å². The minimum absolute atomic E-state index is 0.335. The monoisotopic (exact) mass is 262 g/mol. The van der Waals surface area contributed by atoms with Crippen LogP contribution in [0.3, 0.4) is 0 Å². The van der Waals surface area contributed by atoms with Gasteiger partial charge in [0, 0.05) is 12.1 Å². The first-order valence-corrected chi connectivity index (χ1v) is 7.10. The van der Waals surface area contributed by atoms with Crippen molar-refractivity contribution < 1.29 is 9.47 Å². The Morgan fingerprint density at radius 2 is 1.89 bits per heavy atom. The van der Waals surface area contributed by atoms with E-state index in [-0.39, 0.29) is 0 Å². The zero-order valence-corrected chi connectivity index (χ0v) is 11.4. The van der Waals surface area contributed by atoms with E-state index in [1.165, 1.54) is 18.4 Å². The Balaban J connectivity index is 1.78. The van der Waals surface area contributed by atoms with E-state index in [9.17, 15) is 0 Å². The number of hydrogen-bond acceptors (Lipinski definition) is 4. The Bertz CT molecular complexity index is 442. The summed E-state index contributed by atoms with van der Waals surface area (Å²) in [6.45, 7) is 0.335. The molecule has 0 aromatic heterocycles. The quantitative estimate of drug-likeness (QED) is 0.876. The average molecular weight is 262 g/mol. The number of hydrogen-bond donors (Lipinski definition) is 2. The second-order valence-electron chi connectivity index (χ2n) is 5.55. The Morgan fingerprint density at radius 3 is 2.63 bits per heavy atom. The summed E-state index contributed by atoms with van der Waals surface area (Å²) in [6, 6.07) is 7.03. The zero-order valence-electron chi connectivity index (χ0n) is 11.4. The standard InChI is InChI=1S/C15H22N2O2/c1-17-15(10-2-5-12(16)6-3-10)11-4-7-13-14(8-11)19-9-18-13/h4,7-8,10,12,15,17H,2-3,5-6,9,16H2,1H3. The first-order chi connectivity index (χ1) is 9.28. The van der Waals surface area contributed by atoms with Crippen molar-refractivity contribution in [1.29, 1.82) is 0 Å². The van der Waals surface area contributed by atoms with Crippen LogP contribution in [0.1, 0.15) is 37.3 Å². The third-order valence-electron chi connectivity index (χ3n) is 4.35. The van der Waals surface area contributed by atoms with Crippen LogP contribution in [0.25, 0.3) is 0 Å². The normalized spacial score (nSPS) is 27.3. The molecule has 19 heavy (non-hydrogen) atoms. The molecule has 2 aliphatic rings.